The SMILES string of the molecule is Cc1ccc([C@@H](C)NC(=O)COC(=O)c2ccc(Cl)cc2)cc1. The molecule has 0 aliphatic carbocycles. The van der Waals surface area contributed by atoms with E-state index in [1.54, 1.807) is 24.3 Å². The molecule has 1 amide bonds. The van der Waals surface area contributed by atoms with Crippen molar-refractivity contribution in [3.05, 3.63) is 70.2 Å². The average molecular weight is 332 g/mol. The summed E-state index contributed by atoms with van der Waals surface area (Å²) < 4.78 is 4.99. The van der Waals surface area contributed by atoms with E-state index in [9.17, 15) is 9.59 Å². The van der Waals surface area contributed by atoms with Gasteiger partial charge in [0.15, 0.2) is 6.61 Å². The Bertz CT molecular complexity index is 680. The lowest BCUT2D eigenvalue weighted by molar-refractivity contribution is -0.124. The zero-order valence-electron chi connectivity index (χ0n) is 13.0. The standard InChI is InChI=1S/C18H18ClNO3/c1-12-3-5-14(6-4-12)13(2)20-17(21)11-23-18(22)15-7-9-16(19)10-8-15/h3-10,13H,11H2,1-2H3,(H,20,21)/t13-/m1/s1. The van der Waals surface area contributed by atoms with Crippen LogP contribution in [0.25, 0.3) is 0 Å². The van der Waals surface area contributed by atoms with E-state index in [1.165, 1.54) is 0 Å². The number of carbonyl (C=O) groups excluding carboxylic acids is 2. The molecule has 0 heterocycles. The van der Waals surface area contributed by atoms with Gasteiger partial charge in [-0.2, -0.15) is 0 Å². The molecule has 120 valence electrons. The minimum Gasteiger partial charge on any atom is -0.452 e. The van der Waals surface area contributed by atoms with Gasteiger partial charge in [-0.1, -0.05) is 41.4 Å². The number of hydrogen-bond donors (Lipinski definition) is 1. The van der Waals surface area contributed by atoms with Crippen molar-refractivity contribution in [2.75, 3.05) is 6.61 Å². The third-order valence-corrected chi connectivity index (χ3v) is 3.62. The summed E-state index contributed by atoms with van der Waals surface area (Å²) in [6.07, 6.45) is 0. The molecular weight excluding hydrogens is 314 g/mol. The van der Waals surface area contributed by atoms with E-state index in [-0.39, 0.29) is 18.6 Å². The second-order valence-corrected chi connectivity index (χ2v) is 5.72. The molecule has 4 nitrogen and oxygen atoms in total. The van der Waals surface area contributed by atoms with Crippen molar-refractivity contribution in [1.82, 2.24) is 5.32 Å². The van der Waals surface area contributed by atoms with Crippen LogP contribution in [0.3, 0.4) is 0 Å². The lowest BCUT2D eigenvalue weighted by Crippen LogP contribution is -2.31. The first-order valence-electron chi connectivity index (χ1n) is 7.24. The first kappa shape index (κ1) is 17.0. The Morgan fingerprint density at radius 2 is 1.70 bits per heavy atom. The highest BCUT2D eigenvalue weighted by Crippen LogP contribution is 2.13. The Balaban J connectivity index is 1.83. The van der Waals surface area contributed by atoms with Crippen LogP contribution in [-0.2, 0) is 9.53 Å². The summed E-state index contributed by atoms with van der Waals surface area (Å²) in [5.41, 5.74) is 2.51. The van der Waals surface area contributed by atoms with E-state index < -0.39 is 5.97 Å². The minimum atomic E-state index is -0.556. The zero-order valence-corrected chi connectivity index (χ0v) is 13.8. The number of esters is 1. The Kier molecular flexibility index (Phi) is 5.77. The number of hydrogen-bond acceptors (Lipinski definition) is 3. The summed E-state index contributed by atoms with van der Waals surface area (Å²) in [4.78, 5) is 23.7. The van der Waals surface area contributed by atoms with E-state index in [1.807, 2.05) is 38.1 Å². The summed E-state index contributed by atoms with van der Waals surface area (Å²) in [5.74, 6) is -0.903. The van der Waals surface area contributed by atoms with Crippen molar-refractivity contribution in [1.29, 1.82) is 0 Å². The van der Waals surface area contributed by atoms with Crippen LogP contribution in [0.2, 0.25) is 5.02 Å². The molecule has 0 radical (unpaired) electrons. The molecule has 0 saturated heterocycles. The maximum Gasteiger partial charge on any atom is 0.338 e. The molecule has 0 aliphatic heterocycles. The van der Waals surface area contributed by atoms with Crippen molar-refractivity contribution in [2.24, 2.45) is 0 Å². The number of aryl methyl sites for hydroxylation is 1. The molecule has 0 unspecified atom stereocenters. The molecule has 1 N–H and O–H groups in total. The van der Waals surface area contributed by atoms with Crippen LogP contribution in [0, 0.1) is 6.92 Å². The van der Waals surface area contributed by atoms with E-state index in [0.717, 1.165) is 11.1 Å². The molecular formula is C18H18ClNO3. The Labute approximate surface area is 140 Å². The minimum absolute atomic E-state index is 0.155. The van der Waals surface area contributed by atoms with Crippen molar-refractivity contribution in [2.45, 2.75) is 19.9 Å². The van der Waals surface area contributed by atoms with E-state index in [2.05, 4.69) is 5.32 Å². The van der Waals surface area contributed by atoms with Gasteiger partial charge in [0.25, 0.3) is 5.91 Å². The molecule has 0 spiro atoms. The fourth-order valence-electron chi connectivity index (χ4n) is 2.02. The highest BCUT2D eigenvalue weighted by atomic mass is 35.5. The lowest BCUT2D eigenvalue weighted by atomic mass is 10.1. The Hall–Kier alpha value is -2.33. The van der Waals surface area contributed by atoms with Gasteiger partial charge in [-0.05, 0) is 43.7 Å². The molecule has 2 rings (SSSR count). The fourth-order valence-corrected chi connectivity index (χ4v) is 2.15. The first-order valence-corrected chi connectivity index (χ1v) is 7.62. The average Bonchev–Trinajstić information content (AvgIpc) is 2.54. The van der Waals surface area contributed by atoms with E-state index in [4.69, 9.17) is 16.3 Å². The Morgan fingerprint density at radius 1 is 1.09 bits per heavy atom. The molecule has 0 bridgehead atoms. The van der Waals surface area contributed by atoms with Crippen LogP contribution in [0.15, 0.2) is 48.5 Å². The van der Waals surface area contributed by atoms with Crippen LogP contribution < -0.4 is 5.32 Å². The summed E-state index contributed by atoms with van der Waals surface area (Å²) in [6, 6.07) is 14.0. The largest absolute Gasteiger partial charge is 0.452 e. The van der Waals surface area contributed by atoms with Gasteiger partial charge in [0.1, 0.15) is 0 Å². The molecule has 0 aliphatic rings. The topological polar surface area (TPSA) is 55.4 Å². The number of amides is 1. The van der Waals surface area contributed by atoms with Gasteiger partial charge < -0.3 is 10.1 Å². The van der Waals surface area contributed by atoms with Crippen molar-refractivity contribution in [3.8, 4) is 0 Å². The van der Waals surface area contributed by atoms with Gasteiger partial charge in [-0.3, -0.25) is 4.79 Å². The van der Waals surface area contributed by atoms with Crippen LogP contribution in [-0.4, -0.2) is 18.5 Å². The maximum atomic E-state index is 11.9. The molecule has 0 fully saturated rings. The van der Waals surface area contributed by atoms with Crippen LogP contribution in [0.4, 0.5) is 0 Å². The molecule has 1 atom stereocenters. The zero-order chi connectivity index (χ0) is 16.8. The third-order valence-electron chi connectivity index (χ3n) is 3.37. The van der Waals surface area contributed by atoms with Gasteiger partial charge in [0.2, 0.25) is 0 Å². The summed E-state index contributed by atoms with van der Waals surface area (Å²) in [5, 5.41) is 3.33. The number of halogens is 1. The van der Waals surface area contributed by atoms with Crippen LogP contribution in [0.5, 0.6) is 0 Å². The van der Waals surface area contributed by atoms with Crippen LogP contribution >= 0.6 is 11.6 Å². The Morgan fingerprint density at radius 3 is 2.30 bits per heavy atom. The van der Waals surface area contributed by atoms with Gasteiger partial charge in [0, 0.05) is 5.02 Å². The smallest absolute Gasteiger partial charge is 0.338 e. The number of carbonyl (C=O) groups is 2. The number of nitrogens with one attached hydrogen (secondary N) is 1. The maximum absolute atomic E-state index is 11.9. The van der Waals surface area contributed by atoms with Crippen LogP contribution in [0.1, 0.15) is 34.5 Å². The second-order valence-electron chi connectivity index (χ2n) is 5.28. The van der Waals surface area contributed by atoms with E-state index >= 15 is 0 Å². The van der Waals surface area contributed by atoms with Gasteiger partial charge in [0.05, 0.1) is 11.6 Å². The molecule has 2 aromatic carbocycles. The highest BCUT2D eigenvalue weighted by Gasteiger charge is 2.13. The second kappa shape index (κ2) is 7.79. The molecule has 23 heavy (non-hydrogen) atoms. The number of rotatable bonds is 5. The number of benzene rings is 2. The molecule has 0 aromatic heterocycles. The van der Waals surface area contributed by atoms with Crippen molar-refractivity contribution >= 4 is 23.5 Å². The molecule has 5 heteroatoms. The first-order chi connectivity index (χ1) is 11.0. The predicted octanol–water partition coefficient (Wildman–Crippen LogP) is 3.68. The third kappa shape index (κ3) is 5.11. The fraction of sp³-hybridized carbons (Fsp3) is 0.222. The van der Waals surface area contributed by atoms with Crippen molar-refractivity contribution in [3.63, 3.8) is 0 Å². The van der Waals surface area contributed by atoms with Crippen molar-refractivity contribution < 1.29 is 14.3 Å². The summed E-state index contributed by atoms with van der Waals surface area (Å²) in [7, 11) is 0. The quantitative estimate of drug-likeness (QED) is 0.850. The number of ether oxygens (including phenoxy) is 1. The van der Waals surface area contributed by atoms with Gasteiger partial charge in [-0.15, -0.1) is 0 Å². The predicted molar refractivity (Wildman–Crippen MR) is 89.5 cm³/mol. The summed E-state index contributed by atoms with van der Waals surface area (Å²) in [6.45, 7) is 3.56. The molecule has 0 saturated carbocycles. The lowest BCUT2D eigenvalue weighted by Gasteiger charge is -2.14. The monoisotopic (exact) mass is 331 g/mol. The van der Waals surface area contributed by atoms with E-state index in [0.29, 0.717) is 10.6 Å². The highest BCUT2D eigenvalue weighted by molar-refractivity contribution is 6.30. The normalized spacial score (nSPS) is 11.6. The summed E-state index contributed by atoms with van der Waals surface area (Å²) >= 11 is 5.75. The van der Waals surface area contributed by atoms with Gasteiger partial charge in [-0.25, -0.2) is 4.79 Å². The molecule has 2 aromatic rings. The van der Waals surface area contributed by atoms with Gasteiger partial charge >= 0.3 is 5.97 Å².